The molecule has 0 aliphatic rings. The maximum Gasteiger partial charge on any atom is 0.153 e. The van der Waals surface area contributed by atoms with E-state index in [1.54, 1.807) is 24.4 Å². The largest absolute Gasteiger partial charge is 0.453 e. The summed E-state index contributed by atoms with van der Waals surface area (Å²) in [5.74, 6) is 0.400. The van der Waals surface area contributed by atoms with E-state index in [0.29, 0.717) is 22.0 Å². The van der Waals surface area contributed by atoms with Crippen molar-refractivity contribution in [2.24, 2.45) is 0 Å². The lowest BCUT2D eigenvalue weighted by atomic mass is 10.2. The van der Waals surface area contributed by atoms with E-state index >= 15 is 0 Å². The van der Waals surface area contributed by atoms with E-state index in [1.807, 2.05) is 6.07 Å². The molecule has 0 spiro atoms. The van der Waals surface area contributed by atoms with Crippen molar-refractivity contribution in [1.82, 2.24) is 4.98 Å². The standard InChI is InChI=1S/C15H9BrClFN2O/c16-9-6-14(12(19)7-11(9)18)21-13-4-3-10(17)8-2-1-5-20-15(8)13/h1-7H,19H2. The molecule has 0 unspecified atom stereocenters. The average Bonchev–Trinajstić information content (AvgIpc) is 2.48. The van der Waals surface area contributed by atoms with Crippen molar-refractivity contribution in [3.8, 4) is 11.5 Å². The average molecular weight is 368 g/mol. The summed E-state index contributed by atoms with van der Waals surface area (Å²) in [6.45, 7) is 0. The van der Waals surface area contributed by atoms with Gasteiger partial charge in [-0.3, -0.25) is 4.98 Å². The minimum atomic E-state index is -0.445. The van der Waals surface area contributed by atoms with Gasteiger partial charge in [0.05, 0.1) is 15.2 Å². The Morgan fingerprint density at radius 3 is 2.81 bits per heavy atom. The SMILES string of the molecule is Nc1cc(F)c(Br)cc1Oc1ccc(Cl)c2cccnc12. The normalized spacial score (nSPS) is 10.8. The van der Waals surface area contributed by atoms with Crippen LogP contribution in [0.4, 0.5) is 10.1 Å². The Balaban J connectivity index is 2.11. The number of benzene rings is 2. The van der Waals surface area contributed by atoms with Crippen LogP contribution in [-0.2, 0) is 0 Å². The van der Waals surface area contributed by atoms with Crippen molar-refractivity contribution in [2.75, 3.05) is 5.73 Å². The number of nitrogens with two attached hydrogens (primary N) is 1. The Morgan fingerprint density at radius 1 is 1.19 bits per heavy atom. The van der Waals surface area contributed by atoms with Gasteiger partial charge in [0.15, 0.2) is 11.5 Å². The second-order valence-corrected chi connectivity index (χ2v) is 5.61. The predicted octanol–water partition coefficient (Wildman–Crippen LogP) is 5.16. The zero-order chi connectivity index (χ0) is 15.0. The lowest BCUT2D eigenvalue weighted by Crippen LogP contribution is -1.95. The number of aromatic nitrogens is 1. The molecule has 0 fully saturated rings. The van der Waals surface area contributed by atoms with Crippen molar-refractivity contribution < 1.29 is 9.13 Å². The first kappa shape index (κ1) is 14.1. The Hall–Kier alpha value is -1.85. The van der Waals surface area contributed by atoms with Gasteiger partial charge in [0.25, 0.3) is 0 Å². The molecule has 0 saturated carbocycles. The van der Waals surface area contributed by atoms with E-state index in [0.717, 1.165) is 5.39 Å². The number of halogens is 3. The lowest BCUT2D eigenvalue weighted by Gasteiger charge is -2.11. The zero-order valence-corrected chi connectivity index (χ0v) is 13.0. The van der Waals surface area contributed by atoms with Gasteiger partial charge in [0, 0.05) is 23.7 Å². The molecule has 106 valence electrons. The third-order valence-electron chi connectivity index (χ3n) is 2.95. The van der Waals surface area contributed by atoms with Gasteiger partial charge >= 0.3 is 0 Å². The Kier molecular flexibility index (Phi) is 3.69. The maximum atomic E-state index is 13.4. The van der Waals surface area contributed by atoms with Gasteiger partial charge in [-0.1, -0.05) is 11.6 Å². The molecule has 3 rings (SSSR count). The third-order valence-corrected chi connectivity index (χ3v) is 3.89. The van der Waals surface area contributed by atoms with Crippen LogP contribution in [0.3, 0.4) is 0 Å². The number of pyridine rings is 1. The number of ether oxygens (including phenoxy) is 1. The molecular weight excluding hydrogens is 359 g/mol. The molecule has 2 aromatic carbocycles. The highest BCUT2D eigenvalue weighted by atomic mass is 79.9. The van der Waals surface area contributed by atoms with Crippen LogP contribution in [0.5, 0.6) is 11.5 Å². The van der Waals surface area contributed by atoms with Gasteiger partial charge in [-0.15, -0.1) is 0 Å². The van der Waals surface area contributed by atoms with E-state index < -0.39 is 5.82 Å². The molecule has 6 heteroatoms. The maximum absolute atomic E-state index is 13.4. The molecule has 0 saturated heterocycles. The van der Waals surface area contributed by atoms with E-state index in [4.69, 9.17) is 22.1 Å². The van der Waals surface area contributed by atoms with Gasteiger partial charge in [0.2, 0.25) is 0 Å². The van der Waals surface area contributed by atoms with Crippen molar-refractivity contribution in [3.63, 3.8) is 0 Å². The highest BCUT2D eigenvalue weighted by molar-refractivity contribution is 9.10. The monoisotopic (exact) mass is 366 g/mol. The molecule has 3 nitrogen and oxygen atoms in total. The van der Waals surface area contributed by atoms with E-state index in [9.17, 15) is 4.39 Å². The molecule has 2 N–H and O–H groups in total. The summed E-state index contributed by atoms with van der Waals surface area (Å²) in [5, 5.41) is 1.36. The molecule has 0 aliphatic carbocycles. The highest BCUT2D eigenvalue weighted by Crippen LogP contribution is 2.36. The third kappa shape index (κ3) is 2.66. The summed E-state index contributed by atoms with van der Waals surface area (Å²) in [6.07, 6.45) is 1.65. The molecule has 3 aromatic rings. The Labute approximate surface area is 133 Å². The number of fused-ring (bicyclic) bond motifs is 1. The summed E-state index contributed by atoms with van der Waals surface area (Å²) >= 11 is 9.24. The fraction of sp³-hybridized carbons (Fsp3) is 0. The van der Waals surface area contributed by atoms with Gasteiger partial charge in [-0.2, -0.15) is 0 Å². The number of hydrogen-bond acceptors (Lipinski definition) is 3. The van der Waals surface area contributed by atoms with E-state index in [1.165, 1.54) is 12.1 Å². The molecule has 0 aliphatic heterocycles. The lowest BCUT2D eigenvalue weighted by molar-refractivity contribution is 0.487. The molecule has 1 aromatic heterocycles. The molecule has 21 heavy (non-hydrogen) atoms. The second kappa shape index (κ2) is 5.50. The van der Waals surface area contributed by atoms with Gasteiger partial charge in [0.1, 0.15) is 11.3 Å². The van der Waals surface area contributed by atoms with Gasteiger partial charge < -0.3 is 10.5 Å². The van der Waals surface area contributed by atoms with Crippen molar-refractivity contribution in [3.05, 3.63) is 57.9 Å². The second-order valence-electron chi connectivity index (χ2n) is 4.35. The first-order chi connectivity index (χ1) is 10.1. The van der Waals surface area contributed by atoms with Crippen molar-refractivity contribution in [1.29, 1.82) is 0 Å². The fourth-order valence-electron chi connectivity index (χ4n) is 1.95. The van der Waals surface area contributed by atoms with E-state index in [2.05, 4.69) is 20.9 Å². The zero-order valence-electron chi connectivity index (χ0n) is 10.6. The van der Waals surface area contributed by atoms with Crippen molar-refractivity contribution >= 4 is 44.1 Å². The highest BCUT2D eigenvalue weighted by Gasteiger charge is 2.12. The summed E-state index contributed by atoms with van der Waals surface area (Å²) in [5.41, 5.74) is 6.60. The van der Waals surface area contributed by atoms with Crippen LogP contribution < -0.4 is 10.5 Å². The molecule has 0 amide bonds. The Bertz CT molecular complexity index is 841. The molecule has 0 atom stereocenters. The number of nitrogen functional groups attached to an aromatic ring is 1. The van der Waals surface area contributed by atoms with Crippen LogP contribution >= 0.6 is 27.5 Å². The summed E-state index contributed by atoms with van der Waals surface area (Å²) in [6, 6.07) is 9.74. The number of hydrogen-bond donors (Lipinski definition) is 1. The summed E-state index contributed by atoms with van der Waals surface area (Å²) in [7, 11) is 0. The fourth-order valence-corrected chi connectivity index (χ4v) is 2.48. The molecule has 0 radical (unpaired) electrons. The number of nitrogens with zero attached hydrogens (tertiary/aromatic N) is 1. The minimum absolute atomic E-state index is 0.203. The summed E-state index contributed by atoms with van der Waals surface area (Å²) < 4.78 is 19.4. The number of anilines is 1. The van der Waals surface area contributed by atoms with Crippen LogP contribution in [0.1, 0.15) is 0 Å². The van der Waals surface area contributed by atoms with Crippen LogP contribution in [0, 0.1) is 5.82 Å². The Morgan fingerprint density at radius 2 is 2.00 bits per heavy atom. The van der Waals surface area contributed by atoms with Crippen LogP contribution in [-0.4, -0.2) is 4.98 Å². The van der Waals surface area contributed by atoms with Gasteiger partial charge in [-0.05, 0) is 40.2 Å². The van der Waals surface area contributed by atoms with Crippen molar-refractivity contribution in [2.45, 2.75) is 0 Å². The topological polar surface area (TPSA) is 48.1 Å². The molecule has 0 bridgehead atoms. The summed E-state index contributed by atoms with van der Waals surface area (Å²) in [4.78, 5) is 4.27. The first-order valence-corrected chi connectivity index (χ1v) is 7.19. The smallest absolute Gasteiger partial charge is 0.153 e. The number of rotatable bonds is 2. The van der Waals surface area contributed by atoms with E-state index in [-0.39, 0.29) is 10.2 Å². The van der Waals surface area contributed by atoms with Crippen LogP contribution in [0.2, 0.25) is 5.02 Å². The van der Waals surface area contributed by atoms with Gasteiger partial charge in [-0.25, -0.2) is 4.39 Å². The van der Waals surface area contributed by atoms with Crippen LogP contribution in [0.15, 0.2) is 47.1 Å². The molecular formula is C15H9BrClFN2O. The van der Waals surface area contributed by atoms with Crippen LogP contribution in [0.25, 0.3) is 10.9 Å². The first-order valence-electron chi connectivity index (χ1n) is 6.02. The minimum Gasteiger partial charge on any atom is -0.453 e. The quantitative estimate of drug-likeness (QED) is 0.636. The predicted molar refractivity (Wildman–Crippen MR) is 85.3 cm³/mol. The molecule has 1 heterocycles.